The number of carbonyl (C=O) groups is 2. The fourth-order valence-electron chi connectivity index (χ4n) is 7.82. The molecule has 2 atom stereocenters. The van der Waals surface area contributed by atoms with Gasteiger partial charge in [0.15, 0.2) is 12.2 Å². The summed E-state index contributed by atoms with van der Waals surface area (Å²) in [5, 5.41) is 18.1. The molecule has 3 N–H and O–H groups in total. The van der Waals surface area contributed by atoms with E-state index in [1.807, 2.05) is 45.9 Å². The van der Waals surface area contributed by atoms with Crippen LogP contribution in [-0.2, 0) is 24.3 Å². The maximum Gasteiger partial charge on any atom is 0.410 e. The van der Waals surface area contributed by atoms with E-state index in [4.69, 9.17) is 18.9 Å². The van der Waals surface area contributed by atoms with Crippen LogP contribution < -0.4 is 20.3 Å². The minimum atomic E-state index is -1.07. The molecule has 13 heteroatoms. The van der Waals surface area contributed by atoms with Crippen molar-refractivity contribution in [1.82, 2.24) is 25.2 Å². The zero-order valence-corrected chi connectivity index (χ0v) is 30.2. The third kappa shape index (κ3) is 8.08. The molecule has 0 radical (unpaired) electrons. The van der Waals surface area contributed by atoms with Gasteiger partial charge in [-0.25, -0.2) is 14.8 Å². The van der Waals surface area contributed by atoms with Gasteiger partial charge in [0.05, 0.1) is 17.8 Å². The van der Waals surface area contributed by atoms with Crippen LogP contribution >= 0.6 is 0 Å². The summed E-state index contributed by atoms with van der Waals surface area (Å²) in [6.07, 6.45) is 9.66. The molecule has 274 valence electrons. The minimum absolute atomic E-state index is 0.0766. The normalized spacial score (nSPS) is 20.5. The van der Waals surface area contributed by atoms with Crippen molar-refractivity contribution >= 4 is 23.8 Å². The van der Waals surface area contributed by atoms with E-state index in [9.17, 15) is 14.7 Å². The molecule has 0 bridgehead atoms. The van der Waals surface area contributed by atoms with Crippen molar-refractivity contribution in [3.05, 3.63) is 58.9 Å². The Kier molecular flexibility index (Phi) is 9.84. The summed E-state index contributed by atoms with van der Waals surface area (Å²) in [6.45, 7) is 9.36. The molecule has 2 amide bonds. The van der Waals surface area contributed by atoms with Gasteiger partial charge in [-0.05, 0) is 108 Å². The third-order valence-electron chi connectivity index (χ3n) is 10.8. The molecule has 2 aliphatic heterocycles. The monoisotopic (exact) mass is 701 g/mol. The first-order valence-electron chi connectivity index (χ1n) is 18.4. The molecule has 3 aromatic rings. The number of aliphatic hydroxyl groups is 1. The molecule has 51 heavy (non-hydrogen) atoms. The van der Waals surface area contributed by atoms with Gasteiger partial charge in [0.25, 0.3) is 5.91 Å². The van der Waals surface area contributed by atoms with Gasteiger partial charge in [-0.1, -0.05) is 12.5 Å². The summed E-state index contributed by atoms with van der Waals surface area (Å²) in [5.41, 5.74) is 2.67. The van der Waals surface area contributed by atoms with Gasteiger partial charge in [-0.15, -0.1) is 0 Å². The highest BCUT2D eigenvalue weighted by Gasteiger charge is 2.48. The average molecular weight is 702 g/mol. The van der Waals surface area contributed by atoms with Crippen LogP contribution in [0, 0.1) is 12.3 Å². The van der Waals surface area contributed by atoms with Crippen molar-refractivity contribution in [2.45, 2.75) is 122 Å². The van der Waals surface area contributed by atoms with E-state index in [1.165, 1.54) is 32.1 Å². The Morgan fingerprint density at radius 3 is 2.55 bits per heavy atom. The van der Waals surface area contributed by atoms with Crippen LogP contribution in [0.25, 0.3) is 0 Å². The number of aryl methyl sites for hydroxylation is 1. The molecular weight excluding hydrogens is 650 g/mol. The Morgan fingerprint density at radius 2 is 1.86 bits per heavy atom. The number of oxazole rings is 1. The van der Waals surface area contributed by atoms with Crippen LogP contribution in [-0.4, -0.2) is 80.4 Å². The van der Waals surface area contributed by atoms with E-state index < -0.39 is 29.7 Å². The first-order valence-corrected chi connectivity index (χ1v) is 18.4. The number of fused-ring (bicyclic) bond motifs is 1. The number of rotatable bonds is 10. The van der Waals surface area contributed by atoms with Gasteiger partial charge in [-0.3, -0.25) is 9.69 Å². The van der Waals surface area contributed by atoms with Crippen molar-refractivity contribution in [3.63, 3.8) is 0 Å². The summed E-state index contributed by atoms with van der Waals surface area (Å²) < 4.78 is 17.1. The quantitative estimate of drug-likeness (QED) is 0.244. The Hall–Kier alpha value is -4.39. The second kappa shape index (κ2) is 14.3. The molecule has 1 saturated heterocycles. The van der Waals surface area contributed by atoms with Gasteiger partial charge >= 0.3 is 6.09 Å². The highest BCUT2D eigenvalue weighted by atomic mass is 16.6. The van der Waals surface area contributed by atoms with Crippen molar-refractivity contribution in [3.8, 4) is 5.75 Å². The molecule has 1 aromatic carbocycles. The number of benzene rings is 1. The van der Waals surface area contributed by atoms with Crippen LogP contribution in [0.3, 0.4) is 0 Å². The number of hydrogen-bond acceptors (Lipinski definition) is 11. The van der Waals surface area contributed by atoms with Gasteiger partial charge < -0.3 is 34.5 Å². The molecule has 2 aliphatic carbocycles. The fourth-order valence-corrected chi connectivity index (χ4v) is 7.82. The van der Waals surface area contributed by atoms with E-state index >= 15 is 0 Å². The summed E-state index contributed by atoms with van der Waals surface area (Å²) in [7, 11) is 0. The fraction of sp³-hybridized carbons (Fsp3) is 0.605. The zero-order chi connectivity index (χ0) is 35.8. The van der Waals surface area contributed by atoms with Gasteiger partial charge in [0.1, 0.15) is 29.5 Å². The molecule has 7 rings (SSSR count). The molecule has 1 spiro atoms. The average Bonchev–Trinajstić information content (AvgIpc) is 3.49. The van der Waals surface area contributed by atoms with Crippen molar-refractivity contribution in [1.29, 1.82) is 0 Å². The molecule has 0 unspecified atom stereocenters. The third-order valence-corrected chi connectivity index (χ3v) is 10.8. The number of anilines is 2. The lowest BCUT2D eigenvalue weighted by Crippen LogP contribution is -2.54. The first kappa shape index (κ1) is 35.0. The summed E-state index contributed by atoms with van der Waals surface area (Å²) in [6, 6.07) is 7.15. The number of amides is 2. The highest BCUT2D eigenvalue weighted by molar-refractivity contribution is 5.93. The second-order valence-corrected chi connectivity index (χ2v) is 15.8. The number of nitrogens with zero attached hydrogens (tertiary/aromatic N) is 5. The van der Waals surface area contributed by atoms with Crippen LogP contribution in [0.1, 0.15) is 105 Å². The number of aliphatic hydroxyl groups excluding tert-OH is 1. The smallest absolute Gasteiger partial charge is 0.410 e. The number of piperidine rings is 1. The number of hydrogen-bond donors (Lipinski definition) is 3. The van der Waals surface area contributed by atoms with E-state index in [-0.39, 0.29) is 25.4 Å². The zero-order valence-electron chi connectivity index (χ0n) is 30.2. The first-order chi connectivity index (χ1) is 24.4. The molecule has 3 fully saturated rings. The van der Waals surface area contributed by atoms with Gasteiger partial charge in [0.2, 0.25) is 5.95 Å². The van der Waals surface area contributed by atoms with Crippen LogP contribution in [0.5, 0.6) is 5.75 Å². The van der Waals surface area contributed by atoms with Gasteiger partial charge in [0, 0.05) is 38.3 Å². The number of aromatic nitrogens is 3. The largest absolute Gasteiger partial charge is 0.486 e. The summed E-state index contributed by atoms with van der Waals surface area (Å²) in [4.78, 5) is 44.5. The highest BCUT2D eigenvalue weighted by Crippen LogP contribution is 2.56. The molecule has 2 aromatic heterocycles. The predicted octanol–water partition coefficient (Wildman–Crippen LogP) is 5.54. The maximum atomic E-state index is 13.7. The Morgan fingerprint density at radius 1 is 1.08 bits per heavy atom. The number of ether oxygens (including phenoxy) is 2. The lowest BCUT2D eigenvalue weighted by molar-refractivity contribution is -0.0113. The molecule has 2 saturated carbocycles. The molecule has 13 nitrogen and oxygen atoms in total. The Labute approximate surface area is 299 Å². The lowest BCUT2D eigenvalue weighted by atomic mass is 9.54. The molecule has 4 heterocycles. The van der Waals surface area contributed by atoms with E-state index in [1.54, 1.807) is 11.0 Å². The SMILES string of the molecule is Cc1ncoc1COc1ccc2c(c1)CN(C(=O)OC(C)(C)C)[C@H]([C@H](O)CNC(=O)c1cc(NC3CC4(CCC4)C3)nc(N3CCCCC3)n1)C2. The Bertz CT molecular complexity index is 1720. The summed E-state index contributed by atoms with van der Waals surface area (Å²) in [5.74, 6) is 2.09. The molecule has 4 aliphatic rings. The van der Waals surface area contributed by atoms with E-state index in [2.05, 4.69) is 25.5 Å². The number of nitrogens with one attached hydrogen (secondary N) is 2. The van der Waals surface area contributed by atoms with Crippen molar-refractivity contribution in [2.24, 2.45) is 5.41 Å². The standard InChI is InChI=1S/C38H51N7O6/c1-24-32(50-23-40-24)22-49-28-10-9-25-16-30(45(21-26(25)15-28)36(48)51-37(2,3)4)31(46)20-39-34(47)29-17-33(41-27-18-38(19-27)11-8-12-38)43-35(42-29)44-13-6-5-7-14-44/h9-10,15,17,23,27,30-31,46H,5-8,11-14,16,18-22H2,1-4H3,(H,39,47)(H,41,42,43)/t30-,31+/m0/s1. The maximum absolute atomic E-state index is 13.7. The topological polar surface area (TPSA) is 155 Å². The van der Waals surface area contributed by atoms with Gasteiger partial charge in [-0.2, -0.15) is 4.98 Å². The predicted molar refractivity (Wildman–Crippen MR) is 191 cm³/mol. The molecular formula is C38H51N7O6. The minimum Gasteiger partial charge on any atom is -0.486 e. The lowest BCUT2D eigenvalue weighted by Gasteiger charge is -2.54. The van der Waals surface area contributed by atoms with Crippen LogP contribution in [0.15, 0.2) is 35.1 Å². The van der Waals surface area contributed by atoms with E-state index in [0.29, 0.717) is 41.2 Å². The Balaban J connectivity index is 1.05. The second-order valence-electron chi connectivity index (χ2n) is 15.8. The van der Waals surface area contributed by atoms with Crippen molar-refractivity contribution in [2.75, 3.05) is 29.9 Å². The van der Waals surface area contributed by atoms with E-state index in [0.717, 1.165) is 55.6 Å². The van der Waals surface area contributed by atoms with Crippen LogP contribution in [0.2, 0.25) is 0 Å². The number of carbonyl (C=O) groups excluding carboxylic acids is 2. The summed E-state index contributed by atoms with van der Waals surface area (Å²) >= 11 is 0. The van der Waals surface area contributed by atoms with Crippen molar-refractivity contribution < 1.29 is 28.6 Å². The van der Waals surface area contributed by atoms with Crippen LogP contribution in [0.4, 0.5) is 16.6 Å².